The maximum atomic E-state index is 13.2. The molecule has 0 radical (unpaired) electrons. The van der Waals surface area contributed by atoms with Crippen LogP contribution in [0.3, 0.4) is 0 Å². The van der Waals surface area contributed by atoms with Crippen molar-refractivity contribution >= 4 is 11.3 Å². The zero-order chi connectivity index (χ0) is 13.6. The second kappa shape index (κ2) is 4.62. The van der Waals surface area contributed by atoms with Crippen LogP contribution in [0.5, 0.6) is 5.75 Å². The van der Waals surface area contributed by atoms with Crippen LogP contribution >= 0.6 is 11.3 Å². The zero-order valence-corrected chi connectivity index (χ0v) is 11.6. The van der Waals surface area contributed by atoms with E-state index in [1.165, 1.54) is 21.9 Å². The number of benzene rings is 1. The summed E-state index contributed by atoms with van der Waals surface area (Å²) in [7, 11) is 0. The summed E-state index contributed by atoms with van der Waals surface area (Å²) in [4.78, 5) is 2.44. The lowest BCUT2D eigenvalue weighted by Gasteiger charge is -2.29. The van der Waals surface area contributed by atoms with Crippen LogP contribution in [0.1, 0.15) is 39.5 Å². The molecule has 1 aromatic carbocycles. The first-order valence-electron chi connectivity index (χ1n) is 6.25. The van der Waals surface area contributed by atoms with Crippen LogP contribution in [-0.4, -0.2) is 5.11 Å². The van der Waals surface area contributed by atoms with E-state index in [0.717, 1.165) is 5.56 Å². The van der Waals surface area contributed by atoms with Crippen LogP contribution in [0.2, 0.25) is 0 Å². The van der Waals surface area contributed by atoms with Crippen molar-refractivity contribution in [1.29, 1.82) is 0 Å². The number of fused-ring (bicyclic) bond motifs is 1. The number of aliphatic hydroxyl groups is 1. The molecular weight excluding hydrogens is 263 g/mol. The summed E-state index contributed by atoms with van der Waals surface area (Å²) in [6, 6.07) is 6.40. The third kappa shape index (κ3) is 2.26. The molecule has 2 heterocycles. The molecule has 0 amide bonds. The van der Waals surface area contributed by atoms with Gasteiger partial charge in [0, 0.05) is 27.3 Å². The normalized spacial score (nSPS) is 21.9. The summed E-state index contributed by atoms with van der Waals surface area (Å²) >= 11 is 1.73. The van der Waals surface area contributed by atoms with Crippen molar-refractivity contribution in [2.45, 2.75) is 32.5 Å². The van der Waals surface area contributed by atoms with E-state index in [-0.39, 0.29) is 11.9 Å². The van der Waals surface area contributed by atoms with Crippen molar-refractivity contribution in [3.8, 4) is 5.75 Å². The van der Waals surface area contributed by atoms with Crippen molar-refractivity contribution in [3.05, 3.63) is 51.0 Å². The SMILES string of the molecule is Cc1cc(C2C[C@H](O)c3cc(F)ccc3O2)c(C)s1. The van der Waals surface area contributed by atoms with E-state index in [4.69, 9.17) is 4.74 Å². The first-order valence-corrected chi connectivity index (χ1v) is 7.07. The molecule has 1 unspecified atom stereocenters. The average molecular weight is 278 g/mol. The number of aryl methyl sites for hydroxylation is 2. The van der Waals surface area contributed by atoms with E-state index < -0.39 is 6.10 Å². The lowest BCUT2D eigenvalue weighted by molar-refractivity contribution is 0.0653. The molecule has 1 aliphatic rings. The van der Waals surface area contributed by atoms with Crippen molar-refractivity contribution in [2.24, 2.45) is 0 Å². The summed E-state index contributed by atoms with van der Waals surface area (Å²) in [5.74, 6) is 0.232. The van der Waals surface area contributed by atoms with Crippen LogP contribution in [0.4, 0.5) is 4.39 Å². The molecule has 1 aromatic heterocycles. The highest BCUT2D eigenvalue weighted by atomic mass is 32.1. The zero-order valence-electron chi connectivity index (χ0n) is 10.8. The molecular formula is C15H15FO2S. The molecule has 0 spiro atoms. The van der Waals surface area contributed by atoms with Gasteiger partial charge in [-0.2, -0.15) is 0 Å². The average Bonchev–Trinajstić information content (AvgIpc) is 2.69. The number of hydrogen-bond acceptors (Lipinski definition) is 3. The molecule has 2 nitrogen and oxygen atoms in total. The van der Waals surface area contributed by atoms with Crippen LogP contribution in [0, 0.1) is 19.7 Å². The number of halogens is 1. The number of thiophene rings is 1. The molecule has 0 fully saturated rings. The number of aliphatic hydroxyl groups excluding tert-OH is 1. The highest BCUT2D eigenvalue weighted by Crippen LogP contribution is 2.42. The molecule has 2 atom stereocenters. The van der Waals surface area contributed by atoms with E-state index in [0.29, 0.717) is 17.7 Å². The Bertz CT molecular complexity index is 621. The predicted octanol–water partition coefficient (Wildman–Crippen LogP) is 4.06. The maximum absolute atomic E-state index is 13.2. The fourth-order valence-corrected chi connectivity index (χ4v) is 3.56. The van der Waals surface area contributed by atoms with Crippen molar-refractivity contribution in [2.75, 3.05) is 0 Å². The van der Waals surface area contributed by atoms with Gasteiger partial charge in [-0.15, -0.1) is 11.3 Å². The van der Waals surface area contributed by atoms with Gasteiger partial charge in [-0.25, -0.2) is 4.39 Å². The van der Waals surface area contributed by atoms with Crippen LogP contribution in [0.15, 0.2) is 24.3 Å². The van der Waals surface area contributed by atoms with Gasteiger partial charge in [-0.05, 0) is 38.1 Å². The molecule has 3 rings (SSSR count). The van der Waals surface area contributed by atoms with E-state index in [1.54, 1.807) is 17.4 Å². The summed E-state index contributed by atoms with van der Waals surface area (Å²) in [6.07, 6.45) is -0.366. The Hall–Kier alpha value is -1.39. The molecule has 100 valence electrons. The monoisotopic (exact) mass is 278 g/mol. The van der Waals surface area contributed by atoms with Gasteiger partial charge in [-0.1, -0.05) is 0 Å². The van der Waals surface area contributed by atoms with Gasteiger partial charge in [0.1, 0.15) is 17.7 Å². The van der Waals surface area contributed by atoms with Gasteiger partial charge < -0.3 is 9.84 Å². The number of rotatable bonds is 1. The molecule has 4 heteroatoms. The van der Waals surface area contributed by atoms with Gasteiger partial charge in [0.2, 0.25) is 0 Å². The first-order chi connectivity index (χ1) is 9.04. The van der Waals surface area contributed by atoms with Gasteiger partial charge >= 0.3 is 0 Å². The highest BCUT2D eigenvalue weighted by Gasteiger charge is 2.29. The lowest BCUT2D eigenvalue weighted by atomic mass is 9.95. The third-order valence-corrected chi connectivity index (χ3v) is 4.45. The van der Waals surface area contributed by atoms with Crippen LogP contribution < -0.4 is 4.74 Å². The van der Waals surface area contributed by atoms with Crippen molar-refractivity contribution < 1.29 is 14.2 Å². The molecule has 19 heavy (non-hydrogen) atoms. The molecule has 0 saturated heterocycles. The highest BCUT2D eigenvalue weighted by molar-refractivity contribution is 7.12. The Balaban J connectivity index is 1.97. The van der Waals surface area contributed by atoms with Gasteiger partial charge in [-0.3, -0.25) is 0 Å². The Labute approximate surface area is 115 Å². The van der Waals surface area contributed by atoms with E-state index >= 15 is 0 Å². The molecule has 0 saturated carbocycles. The molecule has 1 N–H and O–H groups in total. The van der Waals surface area contributed by atoms with E-state index in [1.807, 2.05) is 0 Å². The second-order valence-electron chi connectivity index (χ2n) is 4.91. The number of ether oxygens (including phenoxy) is 1. The minimum Gasteiger partial charge on any atom is -0.485 e. The fraction of sp³-hybridized carbons (Fsp3) is 0.333. The maximum Gasteiger partial charge on any atom is 0.128 e. The third-order valence-electron chi connectivity index (χ3n) is 3.46. The van der Waals surface area contributed by atoms with Gasteiger partial charge in [0.25, 0.3) is 0 Å². The van der Waals surface area contributed by atoms with Gasteiger partial charge in [0.05, 0.1) is 6.10 Å². The van der Waals surface area contributed by atoms with Crippen LogP contribution in [-0.2, 0) is 0 Å². The lowest BCUT2D eigenvalue weighted by Crippen LogP contribution is -2.19. The standard InChI is InChI=1S/C15H15FO2S/c1-8-5-11(9(2)19-8)15-7-13(17)12-6-10(16)3-4-14(12)18-15/h3-6,13,15,17H,7H2,1-2H3/t13-,15?/m0/s1. The molecule has 0 aliphatic carbocycles. The predicted molar refractivity (Wildman–Crippen MR) is 73.1 cm³/mol. The summed E-state index contributed by atoms with van der Waals surface area (Å²) < 4.78 is 19.1. The second-order valence-corrected chi connectivity index (χ2v) is 6.37. The Morgan fingerprint density at radius 2 is 2.05 bits per heavy atom. The summed E-state index contributed by atoms with van der Waals surface area (Å²) in [6.45, 7) is 4.12. The Kier molecular flexibility index (Phi) is 3.07. The minimum atomic E-state index is -0.677. The van der Waals surface area contributed by atoms with Gasteiger partial charge in [0.15, 0.2) is 0 Å². The molecule has 2 aromatic rings. The van der Waals surface area contributed by atoms with E-state index in [9.17, 15) is 9.50 Å². The first kappa shape index (κ1) is 12.6. The van der Waals surface area contributed by atoms with Crippen LogP contribution in [0.25, 0.3) is 0 Å². The smallest absolute Gasteiger partial charge is 0.128 e. The molecule has 1 aliphatic heterocycles. The van der Waals surface area contributed by atoms with E-state index in [2.05, 4.69) is 19.9 Å². The summed E-state index contributed by atoms with van der Waals surface area (Å²) in [5.41, 5.74) is 1.66. The Morgan fingerprint density at radius 3 is 2.74 bits per heavy atom. The fourth-order valence-electron chi connectivity index (χ4n) is 2.58. The topological polar surface area (TPSA) is 29.5 Å². The molecule has 0 bridgehead atoms. The minimum absolute atomic E-state index is 0.155. The largest absolute Gasteiger partial charge is 0.485 e. The van der Waals surface area contributed by atoms with Crippen molar-refractivity contribution in [1.82, 2.24) is 0 Å². The van der Waals surface area contributed by atoms with Crippen molar-refractivity contribution in [3.63, 3.8) is 0 Å². The Morgan fingerprint density at radius 1 is 1.26 bits per heavy atom. The summed E-state index contributed by atoms with van der Waals surface area (Å²) in [5, 5.41) is 10.2. The number of hydrogen-bond donors (Lipinski definition) is 1. The quantitative estimate of drug-likeness (QED) is 0.852.